The number of fused-ring (bicyclic) bond motifs is 1. The molecule has 0 spiro atoms. The molecule has 0 radical (unpaired) electrons. The summed E-state index contributed by atoms with van der Waals surface area (Å²) in [7, 11) is 0. The van der Waals surface area contributed by atoms with E-state index < -0.39 is 0 Å². The minimum absolute atomic E-state index is 0.137. The summed E-state index contributed by atoms with van der Waals surface area (Å²) in [6.07, 6.45) is 2.58. The predicted octanol–water partition coefficient (Wildman–Crippen LogP) is 4.86. The van der Waals surface area contributed by atoms with Gasteiger partial charge in [0.25, 0.3) is 11.5 Å². The number of hydrogen-bond donors (Lipinski definition) is 1. The molecule has 4 rings (SSSR count). The third-order valence-corrected chi connectivity index (χ3v) is 5.09. The molecule has 0 saturated heterocycles. The number of pyridine rings is 1. The number of nitrogens with zero attached hydrogens (tertiary/aromatic N) is 1. The number of aryl methyl sites for hydroxylation is 1. The van der Waals surface area contributed by atoms with Crippen LogP contribution in [-0.4, -0.2) is 10.5 Å². The van der Waals surface area contributed by atoms with E-state index in [2.05, 4.69) is 24.4 Å². The van der Waals surface area contributed by atoms with E-state index in [0.717, 1.165) is 28.4 Å². The smallest absolute Gasteiger partial charge is 0.257 e. The van der Waals surface area contributed by atoms with Gasteiger partial charge in [-0.15, -0.1) is 0 Å². The first-order chi connectivity index (χ1) is 14.1. The Balaban J connectivity index is 1.60. The zero-order valence-electron chi connectivity index (χ0n) is 16.3. The molecule has 4 aromatic rings. The highest BCUT2D eigenvalue weighted by Gasteiger charge is 2.10. The van der Waals surface area contributed by atoms with E-state index in [9.17, 15) is 9.59 Å². The number of hydrogen-bond acceptors (Lipinski definition) is 2. The maximum Gasteiger partial charge on any atom is 0.257 e. The lowest BCUT2D eigenvalue weighted by atomic mass is 10.0. The van der Waals surface area contributed by atoms with Crippen LogP contribution in [0.15, 0.2) is 89.9 Å². The van der Waals surface area contributed by atoms with Gasteiger partial charge in [0, 0.05) is 18.0 Å². The lowest BCUT2D eigenvalue weighted by Crippen LogP contribution is -2.22. The molecule has 3 aromatic carbocycles. The fourth-order valence-electron chi connectivity index (χ4n) is 3.43. The second kappa shape index (κ2) is 8.15. The van der Waals surface area contributed by atoms with Gasteiger partial charge in [-0.05, 0) is 46.5 Å². The molecule has 0 atom stereocenters. The van der Waals surface area contributed by atoms with Gasteiger partial charge < -0.3 is 9.88 Å². The molecule has 0 fully saturated rings. The molecule has 4 nitrogen and oxygen atoms in total. The first-order valence-corrected chi connectivity index (χ1v) is 9.71. The highest BCUT2D eigenvalue weighted by atomic mass is 16.2. The Labute approximate surface area is 169 Å². The number of anilines is 1. The first-order valence-electron chi connectivity index (χ1n) is 9.71. The number of carbonyl (C=O) groups is 1. The Morgan fingerprint density at radius 1 is 0.897 bits per heavy atom. The van der Waals surface area contributed by atoms with Crippen molar-refractivity contribution < 1.29 is 4.79 Å². The molecule has 0 bridgehead atoms. The average Bonchev–Trinajstić information content (AvgIpc) is 2.76. The monoisotopic (exact) mass is 382 g/mol. The van der Waals surface area contributed by atoms with Crippen molar-refractivity contribution in [3.8, 4) is 0 Å². The largest absolute Gasteiger partial charge is 0.322 e. The molecule has 0 unspecified atom stereocenters. The summed E-state index contributed by atoms with van der Waals surface area (Å²) in [5.74, 6) is -0.235. The standard InChI is InChI=1S/C25H22N2O2/c1-2-18-10-13-22(14-11-18)26-25(29)21-12-15-24(28)27(17-21)16-20-8-5-7-19-6-3-4-9-23(19)20/h3-15,17H,2,16H2,1H3,(H,26,29). The normalized spacial score (nSPS) is 10.8. The van der Waals surface area contributed by atoms with Crippen LogP contribution in [0.2, 0.25) is 0 Å². The number of amides is 1. The van der Waals surface area contributed by atoms with Crippen molar-refractivity contribution in [3.05, 3.63) is 112 Å². The van der Waals surface area contributed by atoms with Crippen LogP contribution in [0.25, 0.3) is 10.8 Å². The van der Waals surface area contributed by atoms with Crippen molar-refractivity contribution in [1.29, 1.82) is 0 Å². The molecule has 0 saturated carbocycles. The topological polar surface area (TPSA) is 51.1 Å². The minimum Gasteiger partial charge on any atom is -0.322 e. The molecule has 144 valence electrons. The van der Waals surface area contributed by atoms with Crippen LogP contribution in [0.1, 0.15) is 28.4 Å². The fraction of sp³-hybridized carbons (Fsp3) is 0.120. The van der Waals surface area contributed by atoms with Crippen molar-refractivity contribution >= 4 is 22.4 Å². The number of nitrogens with one attached hydrogen (secondary N) is 1. The highest BCUT2D eigenvalue weighted by Crippen LogP contribution is 2.19. The Hall–Kier alpha value is -3.66. The van der Waals surface area contributed by atoms with Gasteiger partial charge in [-0.2, -0.15) is 0 Å². The highest BCUT2D eigenvalue weighted by molar-refractivity contribution is 6.04. The summed E-state index contributed by atoms with van der Waals surface area (Å²) in [5.41, 5.74) is 3.30. The molecular weight excluding hydrogens is 360 g/mol. The van der Waals surface area contributed by atoms with Crippen LogP contribution in [0, 0.1) is 0 Å². The number of carbonyl (C=O) groups excluding carboxylic acids is 1. The summed E-state index contributed by atoms with van der Waals surface area (Å²) in [5, 5.41) is 5.13. The Bertz CT molecular complexity index is 1220. The molecule has 29 heavy (non-hydrogen) atoms. The van der Waals surface area contributed by atoms with Crippen LogP contribution in [0.3, 0.4) is 0 Å². The van der Waals surface area contributed by atoms with Crippen LogP contribution >= 0.6 is 0 Å². The second-order valence-corrected chi connectivity index (χ2v) is 7.03. The molecule has 4 heteroatoms. The van der Waals surface area contributed by atoms with Gasteiger partial charge in [-0.1, -0.05) is 61.5 Å². The third-order valence-electron chi connectivity index (χ3n) is 5.09. The van der Waals surface area contributed by atoms with Crippen molar-refractivity contribution in [2.45, 2.75) is 19.9 Å². The van der Waals surface area contributed by atoms with Crippen molar-refractivity contribution in [3.63, 3.8) is 0 Å². The zero-order valence-corrected chi connectivity index (χ0v) is 16.3. The predicted molar refractivity (Wildman–Crippen MR) is 118 cm³/mol. The maximum absolute atomic E-state index is 12.7. The lowest BCUT2D eigenvalue weighted by Gasteiger charge is -2.11. The molecule has 1 amide bonds. The summed E-state index contributed by atoms with van der Waals surface area (Å²) in [6, 6.07) is 24.9. The van der Waals surface area contributed by atoms with Gasteiger partial charge in [0.1, 0.15) is 0 Å². The van der Waals surface area contributed by atoms with Crippen LogP contribution in [0.5, 0.6) is 0 Å². The van der Waals surface area contributed by atoms with Gasteiger partial charge in [-0.3, -0.25) is 9.59 Å². The number of aromatic nitrogens is 1. The summed E-state index contributed by atoms with van der Waals surface area (Å²) < 4.78 is 1.58. The second-order valence-electron chi connectivity index (χ2n) is 7.03. The van der Waals surface area contributed by atoms with E-state index in [1.807, 2.05) is 54.6 Å². The van der Waals surface area contributed by atoms with E-state index in [-0.39, 0.29) is 11.5 Å². The van der Waals surface area contributed by atoms with Gasteiger partial charge in [-0.25, -0.2) is 0 Å². The Morgan fingerprint density at radius 3 is 2.45 bits per heavy atom. The van der Waals surface area contributed by atoms with E-state index in [0.29, 0.717) is 12.1 Å². The Kier molecular flexibility index (Phi) is 5.25. The van der Waals surface area contributed by atoms with E-state index in [4.69, 9.17) is 0 Å². The number of rotatable bonds is 5. The van der Waals surface area contributed by atoms with E-state index in [1.165, 1.54) is 11.6 Å². The van der Waals surface area contributed by atoms with Gasteiger partial charge >= 0.3 is 0 Å². The Morgan fingerprint density at radius 2 is 1.66 bits per heavy atom. The minimum atomic E-state index is -0.235. The van der Waals surface area contributed by atoms with Gasteiger partial charge in [0.05, 0.1) is 12.1 Å². The van der Waals surface area contributed by atoms with Crippen molar-refractivity contribution in [1.82, 2.24) is 4.57 Å². The fourth-order valence-corrected chi connectivity index (χ4v) is 3.43. The van der Waals surface area contributed by atoms with Crippen LogP contribution in [-0.2, 0) is 13.0 Å². The van der Waals surface area contributed by atoms with E-state index >= 15 is 0 Å². The maximum atomic E-state index is 12.7. The average molecular weight is 382 g/mol. The van der Waals surface area contributed by atoms with Gasteiger partial charge in [0.2, 0.25) is 0 Å². The van der Waals surface area contributed by atoms with E-state index in [1.54, 1.807) is 16.8 Å². The molecule has 0 aliphatic rings. The molecule has 1 aromatic heterocycles. The van der Waals surface area contributed by atoms with Crippen molar-refractivity contribution in [2.24, 2.45) is 0 Å². The van der Waals surface area contributed by atoms with Crippen LogP contribution < -0.4 is 10.9 Å². The summed E-state index contributed by atoms with van der Waals surface area (Å²) >= 11 is 0. The number of benzene rings is 3. The summed E-state index contributed by atoms with van der Waals surface area (Å²) in [4.78, 5) is 25.1. The quantitative estimate of drug-likeness (QED) is 0.536. The molecule has 0 aliphatic carbocycles. The molecule has 1 N–H and O–H groups in total. The van der Waals surface area contributed by atoms with Crippen LogP contribution in [0.4, 0.5) is 5.69 Å². The molecule has 1 heterocycles. The van der Waals surface area contributed by atoms with Gasteiger partial charge in [0.15, 0.2) is 0 Å². The molecule has 0 aliphatic heterocycles. The first kappa shape index (κ1) is 18.7. The lowest BCUT2D eigenvalue weighted by molar-refractivity contribution is 0.102. The summed E-state index contributed by atoms with van der Waals surface area (Å²) in [6.45, 7) is 2.50. The third kappa shape index (κ3) is 4.11. The SMILES string of the molecule is CCc1ccc(NC(=O)c2ccc(=O)n(Cc3cccc4ccccc34)c2)cc1. The zero-order chi connectivity index (χ0) is 20.2. The molecular formula is C25H22N2O2. The van der Waals surface area contributed by atoms with Crippen molar-refractivity contribution in [2.75, 3.05) is 5.32 Å².